The summed E-state index contributed by atoms with van der Waals surface area (Å²) >= 11 is 5.68. The lowest BCUT2D eigenvalue weighted by atomic mass is 10.1. The third-order valence-electron chi connectivity index (χ3n) is 2.97. The highest BCUT2D eigenvalue weighted by molar-refractivity contribution is 6.29. The quantitative estimate of drug-likeness (QED) is 0.705. The minimum Gasteiger partial charge on any atom is -0.465 e. The molecule has 1 aliphatic carbocycles. The number of anilines is 1. The van der Waals surface area contributed by atoms with Gasteiger partial charge < -0.3 is 15.7 Å². The zero-order chi connectivity index (χ0) is 12.3. The van der Waals surface area contributed by atoms with Crippen LogP contribution in [0.1, 0.15) is 12.8 Å². The minimum absolute atomic E-state index is 0.0675. The number of pyridine rings is 1. The van der Waals surface area contributed by atoms with Crippen LogP contribution in [0.15, 0.2) is 18.3 Å². The molecule has 1 heterocycles. The Hall–Kier alpha value is -1.49. The predicted molar refractivity (Wildman–Crippen MR) is 65.4 cm³/mol. The Morgan fingerprint density at radius 3 is 2.76 bits per heavy atom. The van der Waals surface area contributed by atoms with Gasteiger partial charge in [0.1, 0.15) is 5.15 Å². The predicted octanol–water partition coefficient (Wildman–Crippen LogP) is 2.19. The molecule has 0 atom stereocenters. The van der Waals surface area contributed by atoms with Crippen LogP contribution in [0.4, 0.5) is 10.5 Å². The molecule has 0 bridgehead atoms. The molecule has 0 saturated heterocycles. The lowest BCUT2D eigenvalue weighted by Crippen LogP contribution is -2.32. The molecule has 0 unspecified atom stereocenters. The smallest absolute Gasteiger partial charge is 0.404 e. The van der Waals surface area contributed by atoms with Gasteiger partial charge in [-0.3, -0.25) is 0 Å². The standard InChI is InChI=1S/C11H14ClN3O2/c12-9-2-1-8(5-13-9)14-6-11(3-4-11)7-15-10(16)17/h1-2,5,14-15H,3-4,6-7H2,(H,16,17). The minimum atomic E-state index is -0.968. The van der Waals surface area contributed by atoms with Crippen molar-refractivity contribution in [2.75, 3.05) is 18.4 Å². The van der Waals surface area contributed by atoms with E-state index >= 15 is 0 Å². The third-order valence-corrected chi connectivity index (χ3v) is 3.19. The molecule has 92 valence electrons. The summed E-state index contributed by atoms with van der Waals surface area (Å²) in [6.45, 7) is 1.24. The zero-order valence-electron chi connectivity index (χ0n) is 9.24. The summed E-state index contributed by atoms with van der Waals surface area (Å²) < 4.78 is 0. The molecular formula is C11H14ClN3O2. The molecule has 3 N–H and O–H groups in total. The SMILES string of the molecule is O=C(O)NCC1(CNc2ccc(Cl)nc2)CC1. The summed E-state index contributed by atoms with van der Waals surface area (Å²) in [6.07, 6.45) is 2.79. The van der Waals surface area contributed by atoms with Crippen molar-refractivity contribution in [3.63, 3.8) is 0 Å². The van der Waals surface area contributed by atoms with Crippen LogP contribution in [0.5, 0.6) is 0 Å². The van der Waals surface area contributed by atoms with E-state index in [9.17, 15) is 4.79 Å². The van der Waals surface area contributed by atoms with Crippen LogP contribution >= 0.6 is 11.6 Å². The second kappa shape index (κ2) is 4.79. The second-order valence-corrected chi connectivity index (χ2v) is 4.77. The zero-order valence-corrected chi connectivity index (χ0v) is 10.00. The molecule has 17 heavy (non-hydrogen) atoms. The van der Waals surface area contributed by atoms with Crippen molar-refractivity contribution in [1.29, 1.82) is 0 Å². The van der Waals surface area contributed by atoms with Crippen molar-refractivity contribution < 1.29 is 9.90 Å². The maximum absolute atomic E-state index is 10.4. The van der Waals surface area contributed by atoms with Crippen molar-refractivity contribution in [3.8, 4) is 0 Å². The van der Waals surface area contributed by atoms with Crippen LogP contribution in [0.25, 0.3) is 0 Å². The number of nitrogens with zero attached hydrogens (tertiary/aromatic N) is 1. The molecular weight excluding hydrogens is 242 g/mol. The Bertz CT molecular complexity index is 404. The molecule has 0 aromatic carbocycles. The number of nitrogens with one attached hydrogen (secondary N) is 2. The van der Waals surface area contributed by atoms with Gasteiger partial charge in [0.15, 0.2) is 0 Å². The Labute approximate surface area is 104 Å². The van der Waals surface area contributed by atoms with E-state index in [1.807, 2.05) is 6.07 Å². The van der Waals surface area contributed by atoms with Gasteiger partial charge in [0.05, 0.1) is 11.9 Å². The van der Waals surface area contributed by atoms with E-state index in [4.69, 9.17) is 16.7 Å². The average molecular weight is 256 g/mol. The van der Waals surface area contributed by atoms with Gasteiger partial charge in [-0.2, -0.15) is 0 Å². The highest BCUT2D eigenvalue weighted by Gasteiger charge is 2.42. The molecule has 1 amide bonds. The molecule has 1 aromatic rings. The largest absolute Gasteiger partial charge is 0.465 e. The van der Waals surface area contributed by atoms with Crippen molar-refractivity contribution >= 4 is 23.4 Å². The molecule has 0 aliphatic heterocycles. The Balaban J connectivity index is 1.81. The number of carbonyl (C=O) groups is 1. The van der Waals surface area contributed by atoms with Gasteiger partial charge in [0.2, 0.25) is 0 Å². The number of amides is 1. The van der Waals surface area contributed by atoms with Gasteiger partial charge >= 0.3 is 6.09 Å². The van der Waals surface area contributed by atoms with Gasteiger partial charge in [0, 0.05) is 18.5 Å². The first-order chi connectivity index (χ1) is 8.10. The lowest BCUT2D eigenvalue weighted by molar-refractivity contribution is 0.192. The normalized spacial score (nSPS) is 16.3. The molecule has 0 spiro atoms. The summed E-state index contributed by atoms with van der Waals surface area (Å²) in [7, 11) is 0. The molecule has 1 aliphatic rings. The molecule has 1 aromatic heterocycles. The Morgan fingerprint density at radius 2 is 2.24 bits per heavy atom. The number of halogens is 1. The Kier molecular flexibility index (Phi) is 3.38. The average Bonchev–Trinajstić information content (AvgIpc) is 3.07. The monoisotopic (exact) mass is 255 g/mol. The fraction of sp³-hybridized carbons (Fsp3) is 0.455. The van der Waals surface area contributed by atoms with Crippen molar-refractivity contribution in [2.24, 2.45) is 5.41 Å². The van der Waals surface area contributed by atoms with Gasteiger partial charge in [-0.15, -0.1) is 0 Å². The van der Waals surface area contributed by atoms with Gasteiger partial charge in [-0.1, -0.05) is 11.6 Å². The first-order valence-corrected chi connectivity index (χ1v) is 5.80. The van der Waals surface area contributed by atoms with E-state index in [1.165, 1.54) is 0 Å². The maximum atomic E-state index is 10.4. The number of hydrogen-bond donors (Lipinski definition) is 3. The first kappa shape index (κ1) is 12.0. The first-order valence-electron chi connectivity index (χ1n) is 5.42. The summed E-state index contributed by atoms with van der Waals surface area (Å²) in [5.41, 5.74) is 0.967. The maximum Gasteiger partial charge on any atom is 0.404 e. The van der Waals surface area contributed by atoms with E-state index in [0.29, 0.717) is 11.7 Å². The van der Waals surface area contributed by atoms with E-state index in [2.05, 4.69) is 15.6 Å². The molecule has 6 heteroatoms. The molecule has 2 rings (SSSR count). The fourth-order valence-corrected chi connectivity index (χ4v) is 1.74. The van der Waals surface area contributed by atoms with Crippen molar-refractivity contribution in [2.45, 2.75) is 12.8 Å². The van der Waals surface area contributed by atoms with E-state index in [-0.39, 0.29) is 5.41 Å². The van der Waals surface area contributed by atoms with Gasteiger partial charge in [-0.25, -0.2) is 9.78 Å². The molecule has 0 radical (unpaired) electrons. The Morgan fingerprint density at radius 1 is 1.47 bits per heavy atom. The van der Waals surface area contributed by atoms with E-state index in [1.54, 1.807) is 12.3 Å². The molecule has 1 fully saturated rings. The van der Waals surface area contributed by atoms with Gasteiger partial charge in [0.25, 0.3) is 0 Å². The van der Waals surface area contributed by atoms with Crippen LogP contribution in [0, 0.1) is 5.41 Å². The topological polar surface area (TPSA) is 74.2 Å². The van der Waals surface area contributed by atoms with Crippen molar-refractivity contribution in [3.05, 3.63) is 23.5 Å². The summed E-state index contributed by atoms with van der Waals surface area (Å²) in [6, 6.07) is 3.58. The third kappa shape index (κ3) is 3.49. The summed E-state index contributed by atoms with van der Waals surface area (Å²) in [5.74, 6) is 0. The number of carboxylic acid groups (broad SMARTS) is 1. The number of rotatable bonds is 5. The lowest BCUT2D eigenvalue weighted by Gasteiger charge is -2.16. The number of hydrogen-bond acceptors (Lipinski definition) is 3. The summed E-state index contributed by atoms with van der Waals surface area (Å²) in [4.78, 5) is 14.4. The van der Waals surface area contributed by atoms with E-state index < -0.39 is 6.09 Å². The van der Waals surface area contributed by atoms with E-state index in [0.717, 1.165) is 25.1 Å². The fourth-order valence-electron chi connectivity index (χ4n) is 1.63. The molecule has 5 nitrogen and oxygen atoms in total. The van der Waals surface area contributed by atoms with Crippen molar-refractivity contribution in [1.82, 2.24) is 10.3 Å². The van der Waals surface area contributed by atoms with Crippen LogP contribution in [-0.4, -0.2) is 29.3 Å². The second-order valence-electron chi connectivity index (χ2n) is 4.38. The van der Waals surface area contributed by atoms with Crippen LogP contribution in [0.2, 0.25) is 5.15 Å². The molecule has 1 saturated carbocycles. The highest BCUT2D eigenvalue weighted by Crippen LogP contribution is 2.44. The summed E-state index contributed by atoms with van der Waals surface area (Å²) in [5, 5.41) is 14.7. The van der Waals surface area contributed by atoms with Gasteiger partial charge in [-0.05, 0) is 25.0 Å². The highest BCUT2D eigenvalue weighted by atomic mass is 35.5. The number of aromatic nitrogens is 1. The van der Waals surface area contributed by atoms with Crippen LogP contribution in [-0.2, 0) is 0 Å². The van der Waals surface area contributed by atoms with Crippen LogP contribution < -0.4 is 10.6 Å². The van der Waals surface area contributed by atoms with Crippen LogP contribution in [0.3, 0.4) is 0 Å².